The van der Waals surface area contributed by atoms with Crippen LogP contribution in [-0.4, -0.2) is 43.7 Å². The average molecular weight is 446 g/mol. The van der Waals surface area contributed by atoms with E-state index in [0.29, 0.717) is 35.9 Å². The Morgan fingerprint density at radius 3 is 2.41 bits per heavy atom. The highest BCUT2D eigenvalue weighted by atomic mass is 35.5. The predicted octanol–water partition coefficient (Wildman–Crippen LogP) is 4.68. The van der Waals surface area contributed by atoms with Crippen LogP contribution in [0.1, 0.15) is 27.5 Å². The van der Waals surface area contributed by atoms with Gasteiger partial charge in [-0.2, -0.15) is 5.26 Å². The summed E-state index contributed by atoms with van der Waals surface area (Å²) >= 11 is 6.51. The van der Waals surface area contributed by atoms with E-state index in [1.807, 2.05) is 60.7 Å². The molecule has 1 saturated heterocycles. The minimum Gasteiger partial charge on any atom is -0.379 e. The summed E-state index contributed by atoms with van der Waals surface area (Å²) in [7, 11) is 0. The maximum atomic E-state index is 13.3. The topological polar surface area (TPSA) is 65.4 Å². The van der Waals surface area contributed by atoms with Crippen molar-refractivity contribution < 1.29 is 9.53 Å². The first-order chi connectivity index (χ1) is 15.7. The van der Waals surface area contributed by atoms with Gasteiger partial charge >= 0.3 is 0 Å². The smallest absolute Gasteiger partial charge is 0.251 e. The Morgan fingerprint density at radius 1 is 1.00 bits per heavy atom. The summed E-state index contributed by atoms with van der Waals surface area (Å²) in [5.41, 5.74) is 3.55. The molecule has 1 aliphatic rings. The number of morpholine rings is 1. The molecule has 0 aromatic heterocycles. The number of benzene rings is 3. The van der Waals surface area contributed by atoms with Gasteiger partial charge in [-0.1, -0.05) is 66.2 Å². The number of nitriles is 1. The highest BCUT2D eigenvalue weighted by Crippen LogP contribution is 2.29. The summed E-state index contributed by atoms with van der Waals surface area (Å²) in [6.07, 6.45) is 0. The van der Waals surface area contributed by atoms with Crippen molar-refractivity contribution in [2.24, 2.45) is 0 Å². The minimum atomic E-state index is -0.182. The molecule has 0 radical (unpaired) electrons. The van der Waals surface area contributed by atoms with Crippen molar-refractivity contribution in [2.75, 3.05) is 32.8 Å². The van der Waals surface area contributed by atoms with Crippen molar-refractivity contribution >= 4 is 17.5 Å². The average Bonchev–Trinajstić information content (AvgIpc) is 2.85. The zero-order valence-corrected chi connectivity index (χ0v) is 18.4. The van der Waals surface area contributed by atoms with Crippen LogP contribution in [0.3, 0.4) is 0 Å². The van der Waals surface area contributed by atoms with Gasteiger partial charge in [0.2, 0.25) is 0 Å². The van der Waals surface area contributed by atoms with Crippen LogP contribution < -0.4 is 5.32 Å². The molecular weight excluding hydrogens is 422 g/mol. The van der Waals surface area contributed by atoms with Gasteiger partial charge < -0.3 is 10.1 Å². The number of hydrogen-bond acceptors (Lipinski definition) is 4. The van der Waals surface area contributed by atoms with Crippen molar-refractivity contribution in [3.8, 4) is 17.2 Å². The Bertz CT molecular complexity index is 1140. The number of halogens is 1. The number of carbonyl (C=O) groups excluding carboxylic acids is 1. The third kappa shape index (κ3) is 4.84. The van der Waals surface area contributed by atoms with E-state index in [-0.39, 0.29) is 11.9 Å². The molecule has 1 heterocycles. The third-order valence-corrected chi connectivity index (χ3v) is 6.06. The molecule has 1 fully saturated rings. The van der Waals surface area contributed by atoms with Crippen LogP contribution in [-0.2, 0) is 4.74 Å². The summed E-state index contributed by atoms with van der Waals surface area (Å²) < 4.78 is 5.51. The molecule has 0 aliphatic carbocycles. The van der Waals surface area contributed by atoms with Gasteiger partial charge in [0.25, 0.3) is 5.91 Å². The van der Waals surface area contributed by atoms with Gasteiger partial charge in [0, 0.05) is 35.8 Å². The first-order valence-electron chi connectivity index (χ1n) is 10.6. The van der Waals surface area contributed by atoms with E-state index >= 15 is 0 Å². The number of amides is 1. The van der Waals surface area contributed by atoms with E-state index in [0.717, 1.165) is 29.8 Å². The first kappa shape index (κ1) is 22.0. The molecule has 3 aromatic rings. The number of nitrogens with one attached hydrogen (secondary N) is 1. The maximum absolute atomic E-state index is 13.3. The lowest BCUT2D eigenvalue weighted by Crippen LogP contribution is -2.44. The monoisotopic (exact) mass is 445 g/mol. The Kier molecular flexibility index (Phi) is 7.18. The molecule has 1 atom stereocenters. The zero-order valence-electron chi connectivity index (χ0n) is 17.6. The second-order valence-corrected chi connectivity index (χ2v) is 8.01. The molecule has 1 unspecified atom stereocenters. The molecule has 1 N–H and O–H groups in total. The molecule has 6 heteroatoms. The largest absolute Gasteiger partial charge is 0.379 e. The molecule has 1 amide bonds. The van der Waals surface area contributed by atoms with Crippen LogP contribution in [0.4, 0.5) is 0 Å². The fourth-order valence-corrected chi connectivity index (χ4v) is 4.35. The molecule has 162 valence electrons. The van der Waals surface area contributed by atoms with Crippen LogP contribution in [0.5, 0.6) is 0 Å². The molecule has 0 saturated carbocycles. The third-order valence-electron chi connectivity index (χ3n) is 5.72. The van der Waals surface area contributed by atoms with E-state index in [1.165, 1.54) is 0 Å². The van der Waals surface area contributed by atoms with Crippen molar-refractivity contribution in [3.05, 3.63) is 94.5 Å². The number of carbonyl (C=O) groups is 1. The first-order valence-corrected chi connectivity index (χ1v) is 11.0. The summed E-state index contributed by atoms with van der Waals surface area (Å²) in [5, 5.41) is 13.3. The molecular formula is C26H24ClN3O2. The van der Waals surface area contributed by atoms with E-state index in [1.54, 1.807) is 12.1 Å². The maximum Gasteiger partial charge on any atom is 0.251 e. The van der Waals surface area contributed by atoms with Crippen molar-refractivity contribution in [1.29, 1.82) is 5.26 Å². The Hall–Kier alpha value is -3.17. The number of ether oxygens (including phenoxy) is 1. The predicted molar refractivity (Wildman–Crippen MR) is 126 cm³/mol. The summed E-state index contributed by atoms with van der Waals surface area (Å²) in [6, 6.07) is 24.6. The molecule has 0 spiro atoms. The van der Waals surface area contributed by atoms with Crippen LogP contribution in [0, 0.1) is 11.3 Å². The van der Waals surface area contributed by atoms with Crippen LogP contribution in [0.25, 0.3) is 11.1 Å². The lowest BCUT2D eigenvalue weighted by Gasteiger charge is -2.35. The summed E-state index contributed by atoms with van der Waals surface area (Å²) in [6.45, 7) is 3.28. The Morgan fingerprint density at radius 2 is 1.66 bits per heavy atom. The van der Waals surface area contributed by atoms with Crippen LogP contribution >= 0.6 is 11.6 Å². The highest BCUT2D eigenvalue weighted by Gasteiger charge is 2.25. The molecule has 4 rings (SSSR count). The summed E-state index contributed by atoms with van der Waals surface area (Å²) in [4.78, 5) is 15.6. The quantitative estimate of drug-likeness (QED) is 0.598. The van der Waals surface area contributed by atoms with Gasteiger partial charge in [-0.05, 0) is 29.3 Å². The molecule has 32 heavy (non-hydrogen) atoms. The van der Waals surface area contributed by atoms with Gasteiger partial charge in [0.15, 0.2) is 0 Å². The SMILES string of the molecule is N#Cc1ccccc1-c1ccccc1C(=O)NCC(c1ccccc1Cl)N1CCOCC1. The van der Waals surface area contributed by atoms with Gasteiger partial charge in [0.05, 0.1) is 30.9 Å². The van der Waals surface area contributed by atoms with Gasteiger partial charge in [0.1, 0.15) is 0 Å². The lowest BCUT2D eigenvalue weighted by atomic mass is 9.95. The van der Waals surface area contributed by atoms with Gasteiger partial charge in [-0.3, -0.25) is 9.69 Å². The summed E-state index contributed by atoms with van der Waals surface area (Å²) in [5.74, 6) is -0.182. The van der Waals surface area contributed by atoms with Crippen molar-refractivity contribution in [1.82, 2.24) is 10.2 Å². The van der Waals surface area contributed by atoms with Crippen molar-refractivity contribution in [2.45, 2.75) is 6.04 Å². The van der Waals surface area contributed by atoms with E-state index in [2.05, 4.69) is 16.3 Å². The standard InChI is InChI=1S/C26H24ClN3O2/c27-24-12-6-5-11-23(24)25(30-13-15-32-16-14-30)18-29-26(31)22-10-4-3-9-21(22)20-8-2-1-7-19(20)17-28/h1-12,25H,13-16,18H2,(H,29,31). The van der Waals surface area contributed by atoms with Gasteiger partial charge in [-0.15, -0.1) is 0 Å². The molecule has 0 bridgehead atoms. The molecule has 3 aromatic carbocycles. The lowest BCUT2D eigenvalue weighted by molar-refractivity contribution is 0.0162. The molecule has 1 aliphatic heterocycles. The zero-order chi connectivity index (χ0) is 22.3. The second kappa shape index (κ2) is 10.4. The van der Waals surface area contributed by atoms with Crippen LogP contribution in [0.15, 0.2) is 72.8 Å². The van der Waals surface area contributed by atoms with Crippen LogP contribution in [0.2, 0.25) is 5.02 Å². The van der Waals surface area contributed by atoms with Crippen molar-refractivity contribution in [3.63, 3.8) is 0 Å². The normalized spacial score (nSPS) is 15.0. The fraction of sp³-hybridized carbons (Fsp3) is 0.231. The fourth-order valence-electron chi connectivity index (χ4n) is 4.09. The van der Waals surface area contributed by atoms with Gasteiger partial charge in [-0.25, -0.2) is 0 Å². The highest BCUT2D eigenvalue weighted by molar-refractivity contribution is 6.31. The van der Waals surface area contributed by atoms with E-state index < -0.39 is 0 Å². The number of nitrogens with zero attached hydrogens (tertiary/aromatic N) is 2. The Balaban J connectivity index is 1.60. The number of hydrogen-bond donors (Lipinski definition) is 1. The minimum absolute atomic E-state index is 0.0601. The Labute approximate surface area is 193 Å². The van der Waals surface area contributed by atoms with E-state index in [9.17, 15) is 10.1 Å². The number of rotatable bonds is 6. The van der Waals surface area contributed by atoms with E-state index in [4.69, 9.17) is 16.3 Å². The second-order valence-electron chi connectivity index (χ2n) is 7.60. The molecule has 5 nitrogen and oxygen atoms in total.